The molecular formula is C17H19N3OS. The molecule has 0 amide bonds. The quantitative estimate of drug-likeness (QED) is 0.521. The van der Waals surface area contributed by atoms with E-state index in [1.54, 1.807) is 13.3 Å². The number of rotatable bonds is 5. The van der Waals surface area contributed by atoms with Gasteiger partial charge in [0.1, 0.15) is 5.75 Å². The molecule has 2 rings (SSSR count). The first-order valence-electron chi connectivity index (χ1n) is 6.87. The molecular weight excluding hydrogens is 294 g/mol. The first-order chi connectivity index (χ1) is 10.7. The fourth-order valence-corrected chi connectivity index (χ4v) is 2.51. The maximum Gasteiger partial charge on any atom is 0.180 e. The number of nitrogens with zero attached hydrogens (tertiary/aromatic N) is 2. The van der Waals surface area contributed by atoms with Crippen molar-refractivity contribution in [3.63, 3.8) is 0 Å². The van der Waals surface area contributed by atoms with Crippen LogP contribution < -0.4 is 10.5 Å². The van der Waals surface area contributed by atoms with E-state index in [-0.39, 0.29) is 0 Å². The molecule has 0 aliphatic rings. The van der Waals surface area contributed by atoms with Gasteiger partial charge >= 0.3 is 0 Å². The second kappa shape index (κ2) is 8.24. The van der Waals surface area contributed by atoms with Gasteiger partial charge in [0, 0.05) is 5.75 Å². The third kappa shape index (κ3) is 4.93. The van der Waals surface area contributed by atoms with E-state index in [9.17, 15) is 0 Å². The van der Waals surface area contributed by atoms with Crippen LogP contribution in [-0.2, 0) is 5.75 Å². The molecule has 0 aromatic heterocycles. The van der Waals surface area contributed by atoms with E-state index < -0.39 is 0 Å². The van der Waals surface area contributed by atoms with Gasteiger partial charge in [-0.25, -0.2) is 0 Å². The van der Waals surface area contributed by atoms with Crippen molar-refractivity contribution in [3.8, 4) is 5.75 Å². The summed E-state index contributed by atoms with van der Waals surface area (Å²) in [5.41, 5.74) is 9.07. The number of benzene rings is 2. The van der Waals surface area contributed by atoms with E-state index in [2.05, 4.69) is 22.3 Å². The van der Waals surface area contributed by atoms with Crippen molar-refractivity contribution >= 4 is 23.1 Å². The summed E-state index contributed by atoms with van der Waals surface area (Å²) in [4.78, 5) is 0. The number of amidine groups is 1. The van der Waals surface area contributed by atoms with Crippen LogP contribution in [-0.4, -0.2) is 18.5 Å². The van der Waals surface area contributed by atoms with Crippen LogP contribution in [0, 0.1) is 6.92 Å². The van der Waals surface area contributed by atoms with Crippen LogP contribution in [0.25, 0.3) is 0 Å². The second-order valence-corrected chi connectivity index (χ2v) is 5.68. The van der Waals surface area contributed by atoms with Gasteiger partial charge < -0.3 is 10.5 Å². The number of hydrogen-bond acceptors (Lipinski definition) is 4. The lowest BCUT2D eigenvalue weighted by Crippen LogP contribution is -2.06. The third-order valence-electron chi connectivity index (χ3n) is 3.01. The maximum atomic E-state index is 5.84. The summed E-state index contributed by atoms with van der Waals surface area (Å²) in [7, 11) is 1.66. The van der Waals surface area contributed by atoms with Crippen LogP contribution in [0.2, 0.25) is 0 Å². The predicted octanol–water partition coefficient (Wildman–Crippen LogP) is 3.59. The van der Waals surface area contributed by atoms with Gasteiger partial charge in [0.2, 0.25) is 0 Å². The number of ether oxygens (including phenoxy) is 1. The van der Waals surface area contributed by atoms with Crippen LogP contribution >= 0.6 is 11.8 Å². The molecule has 0 aliphatic heterocycles. The summed E-state index contributed by atoms with van der Waals surface area (Å²) in [6.45, 7) is 1.99. The van der Waals surface area contributed by atoms with Gasteiger partial charge in [-0.2, -0.15) is 5.10 Å². The molecule has 0 radical (unpaired) electrons. The number of thioether (sulfide) groups is 1. The van der Waals surface area contributed by atoms with Crippen LogP contribution in [0.15, 0.2) is 58.7 Å². The van der Waals surface area contributed by atoms with E-state index in [0.717, 1.165) is 22.6 Å². The van der Waals surface area contributed by atoms with Crippen molar-refractivity contribution in [1.82, 2.24) is 0 Å². The Kier molecular flexibility index (Phi) is 6.03. The lowest BCUT2D eigenvalue weighted by molar-refractivity contribution is 0.411. The van der Waals surface area contributed by atoms with Crippen molar-refractivity contribution in [1.29, 1.82) is 0 Å². The van der Waals surface area contributed by atoms with Crippen molar-refractivity contribution < 1.29 is 4.74 Å². The SMILES string of the molecule is COc1ccc(C=NN=C(N)SCc2ccccc2)cc1C. The minimum atomic E-state index is 0.449. The Bertz CT molecular complexity index is 669. The standard InChI is InChI=1S/C17H19N3OS/c1-13-10-15(8-9-16(13)21-2)11-19-20-17(18)22-12-14-6-4-3-5-7-14/h3-11H,12H2,1-2H3,(H2,18,20). The van der Waals surface area contributed by atoms with E-state index in [1.165, 1.54) is 17.3 Å². The highest BCUT2D eigenvalue weighted by Crippen LogP contribution is 2.17. The minimum absolute atomic E-state index is 0.449. The third-order valence-corrected chi connectivity index (χ3v) is 3.87. The molecule has 22 heavy (non-hydrogen) atoms. The van der Waals surface area contributed by atoms with Crippen LogP contribution in [0.5, 0.6) is 5.75 Å². The molecule has 0 fully saturated rings. The number of aryl methyl sites for hydroxylation is 1. The van der Waals surface area contributed by atoms with Crippen LogP contribution in [0.4, 0.5) is 0 Å². The Labute approximate surface area is 135 Å². The Balaban J connectivity index is 1.91. The highest BCUT2D eigenvalue weighted by Gasteiger charge is 1.98. The Hall–Kier alpha value is -2.27. The number of methoxy groups -OCH3 is 1. The number of hydrogen-bond donors (Lipinski definition) is 1. The summed E-state index contributed by atoms with van der Waals surface area (Å²) in [5, 5.41) is 8.48. The fourth-order valence-electron chi connectivity index (χ4n) is 1.89. The molecule has 5 heteroatoms. The average molecular weight is 313 g/mol. The smallest absolute Gasteiger partial charge is 0.180 e. The molecule has 0 atom stereocenters. The molecule has 0 bridgehead atoms. The van der Waals surface area contributed by atoms with Crippen molar-refractivity contribution in [2.45, 2.75) is 12.7 Å². The zero-order chi connectivity index (χ0) is 15.8. The average Bonchev–Trinajstić information content (AvgIpc) is 2.54. The zero-order valence-electron chi connectivity index (χ0n) is 12.7. The van der Waals surface area contributed by atoms with E-state index >= 15 is 0 Å². The van der Waals surface area contributed by atoms with Gasteiger partial charge in [-0.05, 0) is 41.8 Å². The minimum Gasteiger partial charge on any atom is -0.496 e. The molecule has 0 saturated carbocycles. The number of nitrogens with two attached hydrogens (primary N) is 1. The highest BCUT2D eigenvalue weighted by molar-refractivity contribution is 8.13. The molecule has 114 valence electrons. The maximum absolute atomic E-state index is 5.84. The monoisotopic (exact) mass is 313 g/mol. The molecule has 2 aromatic rings. The van der Waals surface area contributed by atoms with Gasteiger partial charge in [0.25, 0.3) is 0 Å². The zero-order valence-corrected chi connectivity index (χ0v) is 13.5. The highest BCUT2D eigenvalue weighted by atomic mass is 32.2. The van der Waals surface area contributed by atoms with Crippen molar-refractivity contribution in [2.24, 2.45) is 15.9 Å². The Morgan fingerprint density at radius 1 is 1.23 bits per heavy atom. The molecule has 2 aromatic carbocycles. The van der Waals surface area contributed by atoms with Gasteiger partial charge in [0.15, 0.2) is 5.17 Å². The first kappa shape index (κ1) is 16.1. The van der Waals surface area contributed by atoms with Crippen LogP contribution in [0.3, 0.4) is 0 Å². The molecule has 0 spiro atoms. The molecule has 0 aliphatic carbocycles. The first-order valence-corrected chi connectivity index (χ1v) is 7.85. The van der Waals surface area contributed by atoms with E-state index in [0.29, 0.717) is 5.17 Å². The summed E-state index contributed by atoms with van der Waals surface area (Å²) in [6, 6.07) is 16.0. The lowest BCUT2D eigenvalue weighted by Gasteiger charge is -2.04. The lowest BCUT2D eigenvalue weighted by atomic mass is 10.1. The van der Waals surface area contributed by atoms with Crippen molar-refractivity contribution in [3.05, 3.63) is 65.2 Å². The Morgan fingerprint density at radius 3 is 2.68 bits per heavy atom. The Morgan fingerprint density at radius 2 is 2.00 bits per heavy atom. The van der Waals surface area contributed by atoms with Gasteiger partial charge in [0.05, 0.1) is 13.3 Å². The topological polar surface area (TPSA) is 60.0 Å². The molecule has 0 heterocycles. The van der Waals surface area contributed by atoms with E-state index in [4.69, 9.17) is 10.5 Å². The van der Waals surface area contributed by atoms with Crippen molar-refractivity contribution in [2.75, 3.05) is 7.11 Å². The van der Waals surface area contributed by atoms with Gasteiger partial charge in [-0.15, -0.1) is 5.10 Å². The molecule has 0 unspecified atom stereocenters. The summed E-state index contributed by atoms with van der Waals surface area (Å²) < 4.78 is 5.22. The molecule has 2 N–H and O–H groups in total. The summed E-state index contributed by atoms with van der Waals surface area (Å²) in [6.07, 6.45) is 1.68. The van der Waals surface area contributed by atoms with Gasteiger partial charge in [-0.1, -0.05) is 42.1 Å². The largest absolute Gasteiger partial charge is 0.496 e. The van der Waals surface area contributed by atoms with Gasteiger partial charge in [-0.3, -0.25) is 0 Å². The molecule has 0 saturated heterocycles. The molecule has 4 nitrogen and oxygen atoms in total. The predicted molar refractivity (Wildman–Crippen MR) is 94.7 cm³/mol. The van der Waals surface area contributed by atoms with Crippen LogP contribution in [0.1, 0.15) is 16.7 Å². The summed E-state index contributed by atoms with van der Waals surface area (Å²) in [5.74, 6) is 1.64. The fraction of sp³-hybridized carbons (Fsp3) is 0.176. The second-order valence-electron chi connectivity index (χ2n) is 4.69. The normalized spacial score (nSPS) is 11.8. The summed E-state index contributed by atoms with van der Waals surface area (Å²) >= 11 is 1.47. The van der Waals surface area contributed by atoms with E-state index in [1.807, 2.05) is 43.3 Å².